The zero-order valence-electron chi connectivity index (χ0n) is 29.0. The SMILES string of the molecule is CCCN(CCC)C(=O)c1cc(C(=O)N[C@H](CCNCc2cccc(CC)c2)Cc2cc(F)cc(F)c2)cc(S(=O)(=O)NC(C)(C)C)c1. The van der Waals surface area contributed by atoms with Crippen LogP contribution in [0.2, 0.25) is 0 Å². The second-order valence-corrected chi connectivity index (χ2v) is 14.9. The van der Waals surface area contributed by atoms with Gasteiger partial charge in [0.05, 0.1) is 4.90 Å². The average molecular weight is 685 g/mol. The standard InChI is InChI=1S/C37H50F2N4O4S/c1-7-15-43(16-8-2)36(45)30-21-29(22-34(23-30)48(46,47)42-37(4,5)6)35(44)41-33(20-28-18-31(38)24-32(39)19-28)13-14-40-25-27-12-10-11-26(9-3)17-27/h10-12,17-19,21-24,33,40,42H,7-9,13-16,20,25H2,1-6H3,(H,41,44)/t33-/m1/s1. The summed E-state index contributed by atoms with van der Waals surface area (Å²) in [5.41, 5.74) is 1.96. The van der Waals surface area contributed by atoms with E-state index in [9.17, 15) is 26.8 Å². The molecule has 0 aliphatic heterocycles. The summed E-state index contributed by atoms with van der Waals surface area (Å²) in [4.78, 5) is 28.9. The van der Waals surface area contributed by atoms with Crippen LogP contribution in [-0.4, -0.2) is 56.3 Å². The van der Waals surface area contributed by atoms with E-state index < -0.39 is 39.1 Å². The molecule has 48 heavy (non-hydrogen) atoms. The van der Waals surface area contributed by atoms with Crippen molar-refractivity contribution in [2.45, 2.75) is 96.7 Å². The second kappa shape index (κ2) is 17.6. The second-order valence-electron chi connectivity index (χ2n) is 13.2. The first-order chi connectivity index (χ1) is 22.6. The van der Waals surface area contributed by atoms with Crippen molar-refractivity contribution in [2.75, 3.05) is 19.6 Å². The molecule has 3 N–H and O–H groups in total. The summed E-state index contributed by atoms with van der Waals surface area (Å²) in [5, 5.41) is 6.33. The molecule has 3 aromatic rings. The first-order valence-corrected chi connectivity index (χ1v) is 18.1. The van der Waals surface area contributed by atoms with Crippen molar-refractivity contribution in [3.63, 3.8) is 0 Å². The molecule has 0 aliphatic rings. The Morgan fingerprint density at radius 3 is 2.06 bits per heavy atom. The van der Waals surface area contributed by atoms with E-state index in [2.05, 4.69) is 34.4 Å². The van der Waals surface area contributed by atoms with Gasteiger partial charge in [0.2, 0.25) is 10.0 Å². The molecule has 3 aromatic carbocycles. The summed E-state index contributed by atoms with van der Waals surface area (Å²) in [7, 11) is -4.11. The highest BCUT2D eigenvalue weighted by atomic mass is 32.2. The molecule has 0 bridgehead atoms. The number of carbonyl (C=O) groups excluding carboxylic acids is 2. The van der Waals surface area contributed by atoms with Crippen LogP contribution in [-0.2, 0) is 29.4 Å². The summed E-state index contributed by atoms with van der Waals surface area (Å²) >= 11 is 0. The van der Waals surface area contributed by atoms with Gasteiger partial charge in [0.15, 0.2) is 0 Å². The molecule has 0 heterocycles. The molecule has 8 nitrogen and oxygen atoms in total. The lowest BCUT2D eigenvalue weighted by Crippen LogP contribution is -2.41. The number of benzene rings is 3. The van der Waals surface area contributed by atoms with Gasteiger partial charge in [0, 0.05) is 48.4 Å². The number of nitrogens with zero attached hydrogens (tertiary/aromatic N) is 1. The van der Waals surface area contributed by atoms with Crippen LogP contribution in [0.4, 0.5) is 8.78 Å². The summed E-state index contributed by atoms with van der Waals surface area (Å²) < 4.78 is 57.6. The molecule has 0 unspecified atom stereocenters. The van der Waals surface area contributed by atoms with Crippen molar-refractivity contribution in [1.82, 2.24) is 20.3 Å². The van der Waals surface area contributed by atoms with Crippen LogP contribution < -0.4 is 15.4 Å². The predicted octanol–water partition coefficient (Wildman–Crippen LogP) is 6.39. The molecular formula is C37H50F2N4O4S. The summed E-state index contributed by atoms with van der Waals surface area (Å²) in [6, 6.07) is 14.9. The lowest BCUT2D eigenvalue weighted by Gasteiger charge is -2.24. The van der Waals surface area contributed by atoms with Crippen molar-refractivity contribution < 1.29 is 26.8 Å². The Bertz CT molecular complexity index is 1630. The van der Waals surface area contributed by atoms with Gasteiger partial charge >= 0.3 is 0 Å². The van der Waals surface area contributed by atoms with E-state index in [0.29, 0.717) is 51.0 Å². The largest absolute Gasteiger partial charge is 0.349 e. The number of amides is 2. The molecule has 0 aliphatic carbocycles. The Kier molecular flexibility index (Phi) is 14.3. The molecular weight excluding hydrogens is 634 g/mol. The van der Waals surface area contributed by atoms with Crippen LogP contribution in [0.15, 0.2) is 65.6 Å². The van der Waals surface area contributed by atoms with Crippen LogP contribution in [0.3, 0.4) is 0 Å². The molecule has 11 heteroatoms. The van der Waals surface area contributed by atoms with Gasteiger partial charge in [-0.3, -0.25) is 9.59 Å². The highest BCUT2D eigenvalue weighted by molar-refractivity contribution is 7.89. The van der Waals surface area contributed by atoms with Gasteiger partial charge in [-0.2, -0.15) is 0 Å². The van der Waals surface area contributed by atoms with Crippen molar-refractivity contribution in [1.29, 1.82) is 0 Å². The first-order valence-electron chi connectivity index (χ1n) is 16.7. The van der Waals surface area contributed by atoms with Gasteiger partial charge < -0.3 is 15.5 Å². The van der Waals surface area contributed by atoms with E-state index in [0.717, 1.165) is 18.1 Å². The smallest absolute Gasteiger partial charge is 0.253 e. The maximum atomic E-state index is 14.1. The van der Waals surface area contributed by atoms with Crippen molar-refractivity contribution >= 4 is 21.8 Å². The molecule has 0 aromatic heterocycles. The van der Waals surface area contributed by atoms with Gasteiger partial charge in [0.1, 0.15) is 11.6 Å². The van der Waals surface area contributed by atoms with Gasteiger partial charge in [-0.25, -0.2) is 21.9 Å². The highest BCUT2D eigenvalue weighted by Crippen LogP contribution is 2.21. The van der Waals surface area contributed by atoms with Crippen LogP contribution in [0, 0.1) is 11.6 Å². The van der Waals surface area contributed by atoms with Crippen LogP contribution in [0.25, 0.3) is 0 Å². The van der Waals surface area contributed by atoms with Crippen molar-refractivity contribution in [2.24, 2.45) is 0 Å². The fourth-order valence-corrected chi connectivity index (χ4v) is 6.97. The number of halogens is 2. The summed E-state index contributed by atoms with van der Waals surface area (Å²) in [6.07, 6.45) is 2.88. The Morgan fingerprint density at radius 2 is 1.46 bits per heavy atom. The number of nitrogens with one attached hydrogen (secondary N) is 3. The van der Waals surface area contributed by atoms with E-state index in [1.54, 1.807) is 25.7 Å². The minimum atomic E-state index is -4.11. The molecule has 0 saturated heterocycles. The number of carbonyl (C=O) groups is 2. The quantitative estimate of drug-likeness (QED) is 0.143. The molecule has 0 radical (unpaired) electrons. The first kappa shape index (κ1) is 38.8. The van der Waals surface area contributed by atoms with Gasteiger partial charge in [0.25, 0.3) is 11.8 Å². The number of rotatable bonds is 17. The Morgan fingerprint density at radius 1 is 0.833 bits per heavy atom. The van der Waals surface area contributed by atoms with Crippen LogP contribution in [0.5, 0.6) is 0 Å². The molecule has 1 atom stereocenters. The lowest BCUT2D eigenvalue weighted by molar-refractivity contribution is 0.0755. The zero-order valence-corrected chi connectivity index (χ0v) is 29.8. The van der Waals surface area contributed by atoms with Crippen LogP contribution >= 0.6 is 0 Å². The van der Waals surface area contributed by atoms with Crippen molar-refractivity contribution in [3.8, 4) is 0 Å². The minimum absolute atomic E-state index is 0.0113. The molecule has 262 valence electrons. The number of sulfonamides is 1. The van der Waals surface area contributed by atoms with E-state index in [4.69, 9.17) is 0 Å². The van der Waals surface area contributed by atoms with E-state index >= 15 is 0 Å². The van der Waals surface area contributed by atoms with E-state index in [1.807, 2.05) is 26.0 Å². The van der Waals surface area contributed by atoms with Gasteiger partial charge in [-0.1, -0.05) is 45.0 Å². The van der Waals surface area contributed by atoms with Crippen LogP contribution in [0.1, 0.15) is 98.2 Å². The van der Waals surface area contributed by atoms with Gasteiger partial charge in [-0.05, 0) is 106 Å². The number of aryl methyl sites for hydroxylation is 1. The van der Waals surface area contributed by atoms with E-state index in [1.165, 1.54) is 35.9 Å². The normalized spacial score (nSPS) is 12.5. The Labute approximate surface area is 284 Å². The third kappa shape index (κ3) is 12.1. The minimum Gasteiger partial charge on any atom is -0.349 e. The number of hydrogen-bond donors (Lipinski definition) is 3. The third-order valence-corrected chi connectivity index (χ3v) is 9.32. The van der Waals surface area contributed by atoms with Gasteiger partial charge in [-0.15, -0.1) is 0 Å². The zero-order chi connectivity index (χ0) is 35.5. The van der Waals surface area contributed by atoms with E-state index in [-0.39, 0.29) is 28.4 Å². The fraction of sp³-hybridized carbons (Fsp3) is 0.459. The third-order valence-electron chi connectivity index (χ3n) is 7.58. The van der Waals surface area contributed by atoms with Crippen molar-refractivity contribution in [3.05, 3.63) is 100 Å². The fourth-order valence-electron chi connectivity index (χ4n) is 5.48. The summed E-state index contributed by atoms with van der Waals surface area (Å²) in [6.45, 7) is 13.1. The Balaban J connectivity index is 1.94. The highest BCUT2D eigenvalue weighted by Gasteiger charge is 2.27. The molecule has 2 amide bonds. The topological polar surface area (TPSA) is 108 Å². The number of hydrogen-bond acceptors (Lipinski definition) is 5. The monoisotopic (exact) mass is 684 g/mol. The Hall–Kier alpha value is -3.67. The molecule has 0 saturated carbocycles. The predicted molar refractivity (Wildman–Crippen MR) is 186 cm³/mol. The maximum Gasteiger partial charge on any atom is 0.253 e. The molecule has 0 spiro atoms. The maximum absolute atomic E-state index is 14.1. The lowest BCUT2D eigenvalue weighted by atomic mass is 10.0. The molecule has 0 fully saturated rings. The summed E-state index contributed by atoms with van der Waals surface area (Å²) in [5.74, 6) is -2.42. The molecule has 3 rings (SSSR count). The average Bonchev–Trinajstić information content (AvgIpc) is 3.00.